The molecule has 1 saturated carbocycles. The van der Waals surface area contributed by atoms with Crippen LogP contribution in [0.4, 0.5) is 0 Å². The molecule has 0 aliphatic heterocycles. The molecule has 0 saturated heterocycles. The second-order valence-corrected chi connectivity index (χ2v) is 6.46. The largest absolute Gasteiger partial charge is 0.352 e. The highest BCUT2D eigenvalue weighted by atomic mass is 35.5. The minimum absolute atomic E-state index is 0.0855. The lowest BCUT2D eigenvalue weighted by molar-refractivity contribution is 0.0949. The van der Waals surface area contributed by atoms with E-state index in [-0.39, 0.29) is 5.91 Å². The minimum Gasteiger partial charge on any atom is -0.352 e. The molecule has 4 heteroatoms. The van der Waals surface area contributed by atoms with E-state index < -0.39 is 0 Å². The molecule has 0 spiro atoms. The number of rotatable bonds is 3. The van der Waals surface area contributed by atoms with Gasteiger partial charge in [0.15, 0.2) is 0 Å². The fourth-order valence-corrected chi connectivity index (χ4v) is 2.76. The standard InChI is InChI=1S/C14H19ClN2O/c1-13(2)10(14(13,3)4)8-17-12(18)9-5-6-11(15)16-7-9/h5-7,10H,8H2,1-4H3,(H,17,18). The number of nitrogens with one attached hydrogen (secondary N) is 1. The molecular formula is C14H19ClN2O. The monoisotopic (exact) mass is 266 g/mol. The summed E-state index contributed by atoms with van der Waals surface area (Å²) in [7, 11) is 0. The SMILES string of the molecule is CC1(C)C(CNC(=O)c2ccc(Cl)nc2)C1(C)C. The Labute approximate surface area is 113 Å². The Balaban J connectivity index is 1.92. The second-order valence-electron chi connectivity index (χ2n) is 6.08. The van der Waals surface area contributed by atoms with Crippen LogP contribution in [0.5, 0.6) is 0 Å². The topological polar surface area (TPSA) is 42.0 Å². The number of hydrogen-bond acceptors (Lipinski definition) is 2. The Bertz CT molecular complexity index is 451. The Hall–Kier alpha value is -1.09. The van der Waals surface area contributed by atoms with Crippen molar-refractivity contribution >= 4 is 17.5 Å². The van der Waals surface area contributed by atoms with Crippen molar-refractivity contribution in [3.05, 3.63) is 29.0 Å². The Morgan fingerprint density at radius 3 is 2.39 bits per heavy atom. The maximum absolute atomic E-state index is 11.9. The summed E-state index contributed by atoms with van der Waals surface area (Å²) in [6, 6.07) is 3.31. The van der Waals surface area contributed by atoms with Crippen LogP contribution in [-0.4, -0.2) is 17.4 Å². The summed E-state index contributed by atoms with van der Waals surface area (Å²) in [6.07, 6.45) is 1.50. The van der Waals surface area contributed by atoms with Gasteiger partial charge in [-0.25, -0.2) is 4.98 Å². The highest BCUT2D eigenvalue weighted by Crippen LogP contribution is 2.67. The van der Waals surface area contributed by atoms with Crippen molar-refractivity contribution in [1.29, 1.82) is 0 Å². The molecule has 1 aromatic heterocycles. The quantitative estimate of drug-likeness (QED) is 0.854. The van der Waals surface area contributed by atoms with E-state index in [1.165, 1.54) is 6.20 Å². The zero-order chi connectivity index (χ0) is 13.6. The molecule has 18 heavy (non-hydrogen) atoms. The third kappa shape index (κ3) is 2.12. The highest BCUT2D eigenvalue weighted by molar-refractivity contribution is 6.29. The fraction of sp³-hybridized carbons (Fsp3) is 0.571. The molecule has 0 bridgehead atoms. The molecule has 1 N–H and O–H groups in total. The lowest BCUT2D eigenvalue weighted by Gasteiger charge is -2.06. The van der Waals surface area contributed by atoms with E-state index in [9.17, 15) is 4.79 Å². The van der Waals surface area contributed by atoms with Crippen LogP contribution >= 0.6 is 11.6 Å². The molecule has 1 heterocycles. The summed E-state index contributed by atoms with van der Waals surface area (Å²) in [6.45, 7) is 9.68. The van der Waals surface area contributed by atoms with E-state index in [1.807, 2.05) is 0 Å². The summed E-state index contributed by atoms with van der Waals surface area (Å²) < 4.78 is 0. The van der Waals surface area contributed by atoms with Crippen LogP contribution in [0.25, 0.3) is 0 Å². The number of aromatic nitrogens is 1. The Morgan fingerprint density at radius 2 is 1.94 bits per heavy atom. The molecule has 98 valence electrons. The molecule has 3 nitrogen and oxygen atoms in total. The fourth-order valence-electron chi connectivity index (χ4n) is 2.65. The van der Waals surface area contributed by atoms with E-state index in [2.05, 4.69) is 38.0 Å². The second kappa shape index (κ2) is 4.23. The average Bonchev–Trinajstić information content (AvgIpc) is 2.67. The maximum Gasteiger partial charge on any atom is 0.252 e. The van der Waals surface area contributed by atoms with Gasteiger partial charge in [0.2, 0.25) is 0 Å². The smallest absolute Gasteiger partial charge is 0.252 e. The summed E-state index contributed by atoms with van der Waals surface area (Å²) >= 11 is 5.69. The maximum atomic E-state index is 11.9. The molecule has 2 rings (SSSR count). The van der Waals surface area contributed by atoms with Gasteiger partial charge < -0.3 is 5.32 Å². The van der Waals surface area contributed by atoms with Crippen LogP contribution in [0.2, 0.25) is 5.15 Å². The first-order chi connectivity index (χ1) is 8.26. The van der Waals surface area contributed by atoms with Gasteiger partial charge >= 0.3 is 0 Å². The van der Waals surface area contributed by atoms with E-state index in [0.717, 1.165) is 0 Å². The zero-order valence-corrected chi connectivity index (χ0v) is 12.0. The van der Waals surface area contributed by atoms with Gasteiger partial charge in [-0.2, -0.15) is 0 Å². The molecule has 0 aromatic carbocycles. The van der Waals surface area contributed by atoms with Gasteiger partial charge in [-0.1, -0.05) is 39.3 Å². The van der Waals surface area contributed by atoms with Crippen LogP contribution in [0.15, 0.2) is 18.3 Å². The summed E-state index contributed by atoms with van der Waals surface area (Å²) in [5.41, 5.74) is 1.13. The number of halogens is 1. The van der Waals surface area contributed by atoms with Gasteiger partial charge in [0.1, 0.15) is 5.15 Å². The first kappa shape index (κ1) is 13.3. The van der Waals surface area contributed by atoms with Crippen molar-refractivity contribution < 1.29 is 4.79 Å². The summed E-state index contributed by atoms with van der Waals surface area (Å²) in [5, 5.41) is 3.37. The molecule has 1 aliphatic carbocycles. The lowest BCUT2D eigenvalue weighted by atomic mass is 10.0. The molecular weight excluding hydrogens is 248 g/mol. The number of carbonyl (C=O) groups excluding carboxylic acids is 1. The van der Waals surface area contributed by atoms with Crippen LogP contribution < -0.4 is 5.32 Å². The van der Waals surface area contributed by atoms with Gasteiger partial charge in [0, 0.05) is 12.7 Å². The van der Waals surface area contributed by atoms with Crippen LogP contribution in [0.3, 0.4) is 0 Å². The number of hydrogen-bond donors (Lipinski definition) is 1. The van der Waals surface area contributed by atoms with Crippen molar-refractivity contribution in [2.75, 3.05) is 6.54 Å². The van der Waals surface area contributed by atoms with E-state index in [4.69, 9.17) is 11.6 Å². The number of carbonyl (C=O) groups is 1. The molecule has 0 atom stereocenters. The van der Waals surface area contributed by atoms with Crippen LogP contribution in [0, 0.1) is 16.7 Å². The number of pyridine rings is 1. The van der Waals surface area contributed by atoms with Crippen molar-refractivity contribution in [3.8, 4) is 0 Å². The van der Waals surface area contributed by atoms with Gasteiger partial charge in [0.25, 0.3) is 5.91 Å². The van der Waals surface area contributed by atoms with E-state index in [1.54, 1.807) is 12.1 Å². The molecule has 0 unspecified atom stereocenters. The molecule has 1 amide bonds. The minimum atomic E-state index is -0.0855. The normalized spacial score (nSPS) is 20.5. The lowest BCUT2D eigenvalue weighted by Crippen LogP contribution is -2.27. The molecule has 1 fully saturated rings. The van der Waals surface area contributed by atoms with E-state index >= 15 is 0 Å². The third-order valence-corrected chi connectivity index (χ3v) is 5.00. The van der Waals surface area contributed by atoms with Crippen LogP contribution in [0.1, 0.15) is 38.1 Å². The first-order valence-corrected chi connectivity index (χ1v) is 6.54. The molecule has 0 radical (unpaired) electrons. The zero-order valence-electron chi connectivity index (χ0n) is 11.2. The summed E-state index contributed by atoms with van der Waals surface area (Å²) in [5.74, 6) is 0.437. The van der Waals surface area contributed by atoms with Crippen molar-refractivity contribution in [3.63, 3.8) is 0 Å². The van der Waals surface area contributed by atoms with Gasteiger partial charge in [0.05, 0.1) is 5.56 Å². The highest BCUT2D eigenvalue weighted by Gasteiger charge is 2.64. The number of nitrogens with zero attached hydrogens (tertiary/aromatic N) is 1. The van der Waals surface area contributed by atoms with Crippen molar-refractivity contribution in [2.45, 2.75) is 27.7 Å². The van der Waals surface area contributed by atoms with Crippen molar-refractivity contribution in [1.82, 2.24) is 10.3 Å². The third-order valence-electron chi connectivity index (χ3n) is 4.78. The van der Waals surface area contributed by atoms with Gasteiger partial charge in [-0.3, -0.25) is 4.79 Å². The van der Waals surface area contributed by atoms with Gasteiger partial charge in [-0.05, 0) is 28.9 Å². The van der Waals surface area contributed by atoms with Crippen LogP contribution in [-0.2, 0) is 0 Å². The van der Waals surface area contributed by atoms with Gasteiger partial charge in [-0.15, -0.1) is 0 Å². The Morgan fingerprint density at radius 1 is 1.33 bits per heavy atom. The predicted octanol–water partition coefficient (Wildman–Crippen LogP) is 3.15. The molecule has 1 aliphatic rings. The average molecular weight is 267 g/mol. The Kier molecular flexibility index (Phi) is 3.14. The number of amides is 1. The first-order valence-electron chi connectivity index (χ1n) is 6.16. The predicted molar refractivity (Wildman–Crippen MR) is 72.6 cm³/mol. The summed E-state index contributed by atoms with van der Waals surface area (Å²) in [4.78, 5) is 15.8. The van der Waals surface area contributed by atoms with Crippen molar-refractivity contribution in [2.24, 2.45) is 16.7 Å². The van der Waals surface area contributed by atoms with E-state index in [0.29, 0.717) is 34.0 Å². The molecule has 1 aromatic rings.